The van der Waals surface area contributed by atoms with Gasteiger partial charge in [-0.2, -0.15) is 0 Å². The third-order valence-electron chi connectivity index (χ3n) is 5.51. The third-order valence-corrected chi connectivity index (χ3v) is 5.51. The van der Waals surface area contributed by atoms with Crippen LogP contribution in [0.25, 0.3) is 0 Å². The summed E-state index contributed by atoms with van der Waals surface area (Å²) >= 11 is 0. The molecule has 7 nitrogen and oxygen atoms in total. The van der Waals surface area contributed by atoms with E-state index < -0.39 is 0 Å². The Morgan fingerprint density at radius 2 is 1.86 bits per heavy atom. The fourth-order valence-corrected chi connectivity index (χ4v) is 3.66. The van der Waals surface area contributed by atoms with E-state index in [0.29, 0.717) is 24.4 Å². The van der Waals surface area contributed by atoms with Gasteiger partial charge in [0.05, 0.1) is 26.0 Å². The summed E-state index contributed by atoms with van der Waals surface area (Å²) in [6.45, 7) is 16.0. The molecular formula is C21H40IN5O2. The minimum Gasteiger partial charge on any atom is -0.443 e. The van der Waals surface area contributed by atoms with Crippen molar-refractivity contribution in [3.05, 3.63) is 17.8 Å². The highest BCUT2D eigenvalue weighted by Gasteiger charge is 2.27. The molecule has 1 unspecified atom stereocenters. The van der Waals surface area contributed by atoms with Crippen LogP contribution >= 0.6 is 24.0 Å². The first-order chi connectivity index (χ1) is 13.4. The van der Waals surface area contributed by atoms with Gasteiger partial charge in [0.25, 0.3) is 0 Å². The smallest absolute Gasteiger partial charge is 0.213 e. The van der Waals surface area contributed by atoms with Gasteiger partial charge in [-0.15, -0.1) is 24.0 Å². The first kappa shape index (κ1) is 26.2. The number of nitrogens with zero attached hydrogens (tertiary/aromatic N) is 3. The van der Waals surface area contributed by atoms with Gasteiger partial charge in [0.15, 0.2) is 5.96 Å². The number of hydrogen-bond acceptors (Lipinski definition) is 5. The van der Waals surface area contributed by atoms with Crippen LogP contribution in [0.5, 0.6) is 0 Å². The van der Waals surface area contributed by atoms with E-state index >= 15 is 0 Å². The van der Waals surface area contributed by atoms with Gasteiger partial charge in [0.1, 0.15) is 5.76 Å². The highest BCUT2D eigenvalue weighted by molar-refractivity contribution is 14.0. The van der Waals surface area contributed by atoms with Crippen LogP contribution in [0.15, 0.2) is 15.6 Å². The fraction of sp³-hybridized carbons (Fsp3) is 0.810. The predicted molar refractivity (Wildman–Crippen MR) is 129 cm³/mol. The van der Waals surface area contributed by atoms with E-state index in [-0.39, 0.29) is 29.4 Å². The quantitative estimate of drug-likeness (QED) is 0.311. The molecule has 1 aliphatic heterocycles. The molecule has 1 aromatic rings. The zero-order valence-electron chi connectivity index (χ0n) is 19.0. The molecule has 0 aliphatic carbocycles. The molecule has 29 heavy (non-hydrogen) atoms. The monoisotopic (exact) mass is 521 g/mol. The number of hydrogen-bond donors (Lipinski definition) is 2. The number of rotatable bonds is 8. The number of oxazole rings is 1. The van der Waals surface area contributed by atoms with E-state index in [2.05, 4.69) is 60.1 Å². The molecule has 168 valence electrons. The van der Waals surface area contributed by atoms with Crippen LogP contribution in [0.4, 0.5) is 0 Å². The Kier molecular flexibility index (Phi) is 11.5. The molecule has 1 fully saturated rings. The molecule has 0 spiro atoms. The molecule has 2 N–H and O–H groups in total. The lowest BCUT2D eigenvalue weighted by atomic mass is 9.92. The Labute approximate surface area is 193 Å². The topological polar surface area (TPSA) is 74.9 Å². The van der Waals surface area contributed by atoms with E-state index in [1.807, 2.05) is 6.20 Å². The molecule has 1 aromatic heterocycles. The molecule has 0 aromatic carbocycles. The van der Waals surface area contributed by atoms with Crippen LogP contribution in [-0.2, 0) is 16.7 Å². The van der Waals surface area contributed by atoms with Gasteiger partial charge in [0, 0.05) is 38.1 Å². The normalized spacial score (nSPS) is 17.1. The molecule has 0 radical (unpaired) electrons. The van der Waals surface area contributed by atoms with Gasteiger partial charge in [0.2, 0.25) is 5.89 Å². The van der Waals surface area contributed by atoms with E-state index in [9.17, 15) is 0 Å². The van der Waals surface area contributed by atoms with Crippen molar-refractivity contribution in [2.45, 2.75) is 65.5 Å². The van der Waals surface area contributed by atoms with Gasteiger partial charge in [-0.25, -0.2) is 4.98 Å². The summed E-state index contributed by atoms with van der Waals surface area (Å²) in [6, 6.07) is 0.478. The van der Waals surface area contributed by atoms with E-state index in [0.717, 1.165) is 44.6 Å². The molecule has 2 rings (SSSR count). The first-order valence-electron chi connectivity index (χ1n) is 10.6. The van der Waals surface area contributed by atoms with Gasteiger partial charge < -0.3 is 19.8 Å². The van der Waals surface area contributed by atoms with Crippen molar-refractivity contribution in [3.63, 3.8) is 0 Å². The lowest BCUT2D eigenvalue weighted by molar-refractivity contribution is 0.00272. The number of nitrogens with one attached hydrogen (secondary N) is 2. The van der Waals surface area contributed by atoms with Crippen molar-refractivity contribution < 1.29 is 9.15 Å². The summed E-state index contributed by atoms with van der Waals surface area (Å²) < 4.78 is 11.4. The first-order valence-corrected chi connectivity index (χ1v) is 10.6. The van der Waals surface area contributed by atoms with Crippen molar-refractivity contribution in [3.8, 4) is 0 Å². The number of guanidine groups is 1. The summed E-state index contributed by atoms with van der Waals surface area (Å²) in [6.07, 6.45) is 4.17. The zero-order chi connectivity index (χ0) is 20.6. The van der Waals surface area contributed by atoms with Crippen molar-refractivity contribution in [2.75, 3.05) is 39.9 Å². The van der Waals surface area contributed by atoms with Crippen LogP contribution in [-0.4, -0.2) is 61.8 Å². The molecule has 2 heterocycles. The second kappa shape index (κ2) is 12.7. The minimum atomic E-state index is -0.0358. The molecule has 1 saturated heterocycles. The zero-order valence-corrected chi connectivity index (χ0v) is 21.3. The Bertz CT molecular complexity index is 604. The summed E-state index contributed by atoms with van der Waals surface area (Å²) in [5.41, 5.74) is -0.0358. The highest BCUT2D eigenvalue weighted by Crippen LogP contribution is 2.22. The Balaban J connectivity index is 0.00000420. The van der Waals surface area contributed by atoms with Crippen LogP contribution < -0.4 is 10.6 Å². The highest BCUT2D eigenvalue weighted by atomic mass is 127. The van der Waals surface area contributed by atoms with Gasteiger partial charge in [-0.05, 0) is 5.92 Å². The standard InChI is InChI=1S/C21H39N5O2.HI/c1-7-16(8-2)17(26-9-11-27-12-10-26)13-24-20(22-6)25-15-19-23-14-18(28-19)21(3,4)5;/h14,16-17H,7-13,15H2,1-6H3,(H2,22,24,25);1H. The number of aromatic nitrogens is 1. The van der Waals surface area contributed by atoms with Crippen LogP contribution in [0, 0.1) is 5.92 Å². The molecule has 8 heteroatoms. The maximum atomic E-state index is 5.86. The average Bonchev–Trinajstić information content (AvgIpc) is 3.17. The number of aliphatic imine (C=N–C) groups is 1. The molecule has 1 aliphatic rings. The summed E-state index contributed by atoms with van der Waals surface area (Å²) in [7, 11) is 1.80. The average molecular weight is 521 g/mol. The van der Waals surface area contributed by atoms with E-state index in [4.69, 9.17) is 9.15 Å². The lowest BCUT2D eigenvalue weighted by Gasteiger charge is -2.39. The van der Waals surface area contributed by atoms with Gasteiger partial charge in [-0.1, -0.05) is 47.5 Å². The largest absolute Gasteiger partial charge is 0.443 e. The number of halogens is 1. The van der Waals surface area contributed by atoms with E-state index in [1.54, 1.807) is 7.05 Å². The molecule has 1 atom stereocenters. The SMILES string of the molecule is CCC(CC)C(CNC(=NC)NCc1ncc(C(C)(C)C)o1)N1CCOCC1.I. The predicted octanol–water partition coefficient (Wildman–Crippen LogP) is 3.39. The fourth-order valence-electron chi connectivity index (χ4n) is 3.66. The van der Waals surface area contributed by atoms with Crippen molar-refractivity contribution >= 4 is 29.9 Å². The van der Waals surface area contributed by atoms with Gasteiger partial charge in [-0.3, -0.25) is 9.89 Å². The molecule has 0 amide bonds. The van der Waals surface area contributed by atoms with Crippen LogP contribution in [0.2, 0.25) is 0 Å². The molecule has 0 bridgehead atoms. The second-order valence-corrected chi connectivity index (χ2v) is 8.47. The Morgan fingerprint density at radius 1 is 1.21 bits per heavy atom. The Hall–Kier alpha value is -0.870. The summed E-state index contributed by atoms with van der Waals surface area (Å²) in [4.78, 5) is 11.3. The number of ether oxygens (including phenoxy) is 1. The minimum absolute atomic E-state index is 0. The second-order valence-electron chi connectivity index (χ2n) is 8.47. The van der Waals surface area contributed by atoms with Crippen molar-refractivity contribution in [2.24, 2.45) is 10.9 Å². The maximum absolute atomic E-state index is 5.86. The lowest BCUT2D eigenvalue weighted by Crippen LogP contribution is -2.53. The number of morpholine rings is 1. The van der Waals surface area contributed by atoms with Gasteiger partial charge >= 0.3 is 0 Å². The maximum Gasteiger partial charge on any atom is 0.213 e. The third kappa shape index (κ3) is 8.05. The summed E-state index contributed by atoms with van der Waals surface area (Å²) in [5, 5.41) is 6.83. The van der Waals surface area contributed by atoms with Crippen molar-refractivity contribution in [1.82, 2.24) is 20.5 Å². The van der Waals surface area contributed by atoms with Crippen LogP contribution in [0.1, 0.15) is 59.1 Å². The van der Waals surface area contributed by atoms with Crippen molar-refractivity contribution in [1.29, 1.82) is 0 Å². The molecule has 0 saturated carbocycles. The molecular weight excluding hydrogens is 481 g/mol. The van der Waals surface area contributed by atoms with Crippen LogP contribution in [0.3, 0.4) is 0 Å². The summed E-state index contributed by atoms with van der Waals surface area (Å²) in [5.74, 6) is 3.01. The Morgan fingerprint density at radius 3 is 2.38 bits per heavy atom. The van der Waals surface area contributed by atoms with E-state index in [1.165, 1.54) is 12.8 Å².